The summed E-state index contributed by atoms with van der Waals surface area (Å²) in [5.41, 5.74) is 0.987. The van der Waals surface area contributed by atoms with E-state index in [-0.39, 0.29) is 23.7 Å². The van der Waals surface area contributed by atoms with Crippen molar-refractivity contribution in [1.82, 2.24) is 20.4 Å². The van der Waals surface area contributed by atoms with E-state index < -0.39 is 0 Å². The fourth-order valence-electron chi connectivity index (χ4n) is 3.52. The number of carbonyl (C=O) groups is 2. The van der Waals surface area contributed by atoms with Crippen LogP contribution in [0.1, 0.15) is 68.6 Å². The van der Waals surface area contributed by atoms with Gasteiger partial charge in [0.25, 0.3) is 0 Å². The normalized spacial score (nSPS) is 18.9. The van der Waals surface area contributed by atoms with Gasteiger partial charge in [0.05, 0.1) is 6.42 Å². The molecule has 0 saturated carbocycles. The van der Waals surface area contributed by atoms with Crippen LogP contribution in [0.4, 0.5) is 0 Å². The molecule has 0 aliphatic carbocycles. The quantitative estimate of drug-likeness (QED) is 0.855. The van der Waals surface area contributed by atoms with Crippen molar-refractivity contribution in [2.75, 3.05) is 19.6 Å². The Balaban J connectivity index is 1.66. The van der Waals surface area contributed by atoms with Gasteiger partial charge in [-0.3, -0.25) is 9.59 Å². The third-order valence-corrected chi connectivity index (χ3v) is 5.28. The van der Waals surface area contributed by atoms with E-state index in [9.17, 15) is 9.59 Å². The van der Waals surface area contributed by atoms with Gasteiger partial charge in [0.2, 0.25) is 17.7 Å². The van der Waals surface area contributed by atoms with Gasteiger partial charge < -0.3 is 14.7 Å². The highest BCUT2D eigenvalue weighted by Crippen LogP contribution is 2.25. The number of carbonyl (C=O) groups excluding carboxylic acids is 2. The number of nitrogens with zero attached hydrogens (tertiary/aromatic N) is 3. The molecule has 29 heavy (non-hydrogen) atoms. The van der Waals surface area contributed by atoms with Crippen LogP contribution in [-0.4, -0.2) is 46.5 Å². The van der Waals surface area contributed by atoms with Crippen molar-refractivity contribution >= 4 is 11.8 Å². The molecule has 1 N–H and O–H groups in total. The van der Waals surface area contributed by atoms with E-state index in [0.29, 0.717) is 44.2 Å². The van der Waals surface area contributed by atoms with Gasteiger partial charge in [-0.25, -0.2) is 0 Å². The zero-order chi connectivity index (χ0) is 20.6. The summed E-state index contributed by atoms with van der Waals surface area (Å²) in [5.74, 6) is 1.65. The molecule has 1 aliphatic rings. The van der Waals surface area contributed by atoms with Crippen LogP contribution in [0.2, 0.25) is 0 Å². The number of hydrogen-bond acceptors (Lipinski definition) is 5. The number of nitrogens with one attached hydrogen (secondary N) is 1. The Bertz CT molecular complexity index is 803. The lowest BCUT2D eigenvalue weighted by Crippen LogP contribution is -2.36. The summed E-state index contributed by atoms with van der Waals surface area (Å²) in [6.07, 6.45) is 3.10. The van der Waals surface area contributed by atoms with Crippen molar-refractivity contribution in [1.29, 1.82) is 0 Å². The van der Waals surface area contributed by atoms with Gasteiger partial charge in [0.15, 0.2) is 5.82 Å². The zero-order valence-electron chi connectivity index (χ0n) is 17.3. The second kappa shape index (κ2) is 10.2. The zero-order valence-corrected chi connectivity index (χ0v) is 17.3. The molecular weight excluding hydrogens is 368 g/mol. The highest BCUT2D eigenvalue weighted by Gasteiger charge is 2.23. The smallest absolute Gasteiger partial charge is 0.229 e. The Morgan fingerprint density at radius 2 is 2.03 bits per heavy atom. The van der Waals surface area contributed by atoms with Crippen LogP contribution >= 0.6 is 0 Å². The summed E-state index contributed by atoms with van der Waals surface area (Å²) >= 11 is 0. The minimum atomic E-state index is -0.0310. The fourth-order valence-corrected chi connectivity index (χ4v) is 3.52. The maximum absolute atomic E-state index is 12.8. The second-order valence-corrected chi connectivity index (χ2v) is 7.92. The molecule has 1 atom stereocenters. The molecule has 7 heteroatoms. The van der Waals surface area contributed by atoms with Crippen molar-refractivity contribution in [3.63, 3.8) is 0 Å². The summed E-state index contributed by atoms with van der Waals surface area (Å²) in [5, 5.41) is 7.02. The molecular formula is C22H30N4O3. The maximum Gasteiger partial charge on any atom is 0.229 e. The molecule has 1 aromatic carbocycles. The van der Waals surface area contributed by atoms with Crippen molar-refractivity contribution in [3.05, 3.63) is 47.6 Å². The van der Waals surface area contributed by atoms with Gasteiger partial charge in [0, 0.05) is 37.9 Å². The minimum absolute atomic E-state index is 0.0310. The molecule has 7 nitrogen and oxygen atoms in total. The topological polar surface area (TPSA) is 88.3 Å². The minimum Gasteiger partial charge on any atom is -0.356 e. The summed E-state index contributed by atoms with van der Waals surface area (Å²) in [4.78, 5) is 31.3. The van der Waals surface area contributed by atoms with Crippen molar-refractivity contribution in [2.24, 2.45) is 0 Å². The first-order chi connectivity index (χ1) is 14.0. The molecule has 1 fully saturated rings. The summed E-state index contributed by atoms with van der Waals surface area (Å²) < 4.78 is 5.49. The number of rotatable bonds is 4. The summed E-state index contributed by atoms with van der Waals surface area (Å²) in [6, 6.07) is 9.71. The van der Waals surface area contributed by atoms with Crippen LogP contribution in [0.3, 0.4) is 0 Å². The van der Waals surface area contributed by atoms with E-state index in [1.165, 1.54) is 0 Å². The summed E-state index contributed by atoms with van der Waals surface area (Å²) in [7, 11) is 0. The van der Waals surface area contributed by atoms with Crippen LogP contribution in [0.5, 0.6) is 0 Å². The maximum atomic E-state index is 12.8. The number of hydrogen-bond donors (Lipinski definition) is 1. The van der Waals surface area contributed by atoms with Crippen LogP contribution in [0.25, 0.3) is 0 Å². The number of aromatic nitrogens is 2. The summed E-state index contributed by atoms with van der Waals surface area (Å²) in [6.45, 7) is 5.70. The van der Waals surface area contributed by atoms with Gasteiger partial charge in [-0.05, 0) is 24.8 Å². The third-order valence-electron chi connectivity index (χ3n) is 5.28. The highest BCUT2D eigenvalue weighted by molar-refractivity contribution is 5.80. The van der Waals surface area contributed by atoms with Gasteiger partial charge in [0.1, 0.15) is 0 Å². The predicted octanol–water partition coefficient (Wildman–Crippen LogP) is 3.04. The fraction of sp³-hybridized carbons (Fsp3) is 0.545. The van der Waals surface area contributed by atoms with Crippen molar-refractivity contribution in [2.45, 2.75) is 57.8 Å². The standard InChI is InChI=1S/C22H30N4O3/c1-16(2)21-24-22(29-25-21)18-9-6-13-26(14-11-19(27)23-12-10-18)20(28)15-17-7-4-3-5-8-17/h3-5,7-8,16,18H,6,9-15H2,1-2H3,(H,23,27). The van der Waals surface area contributed by atoms with Gasteiger partial charge >= 0.3 is 0 Å². The molecule has 1 aromatic heterocycles. The first-order valence-electron chi connectivity index (χ1n) is 10.4. The molecule has 1 saturated heterocycles. The molecule has 0 spiro atoms. The highest BCUT2D eigenvalue weighted by atomic mass is 16.5. The van der Waals surface area contributed by atoms with E-state index in [1.807, 2.05) is 49.1 Å². The van der Waals surface area contributed by atoms with Crippen LogP contribution in [0, 0.1) is 0 Å². The van der Waals surface area contributed by atoms with Crippen molar-refractivity contribution < 1.29 is 14.1 Å². The number of benzene rings is 1. The Morgan fingerprint density at radius 1 is 1.24 bits per heavy atom. The van der Waals surface area contributed by atoms with E-state index in [2.05, 4.69) is 15.5 Å². The van der Waals surface area contributed by atoms with Crippen molar-refractivity contribution in [3.8, 4) is 0 Å². The average molecular weight is 399 g/mol. The lowest BCUT2D eigenvalue weighted by molar-refractivity contribution is -0.131. The first kappa shape index (κ1) is 21.0. The molecule has 0 radical (unpaired) electrons. The van der Waals surface area contributed by atoms with Gasteiger partial charge in [-0.2, -0.15) is 4.98 Å². The lowest BCUT2D eigenvalue weighted by Gasteiger charge is -2.23. The lowest BCUT2D eigenvalue weighted by atomic mass is 9.99. The van der Waals surface area contributed by atoms with Gasteiger partial charge in [-0.15, -0.1) is 0 Å². The Labute approximate surface area is 171 Å². The molecule has 0 bridgehead atoms. The Morgan fingerprint density at radius 3 is 2.76 bits per heavy atom. The SMILES string of the molecule is CC(C)c1noc(C2CCCN(C(=O)Cc3ccccc3)CCC(=O)NCC2)n1. The van der Waals surface area contributed by atoms with Crippen LogP contribution in [0.15, 0.2) is 34.9 Å². The molecule has 2 aromatic rings. The molecule has 156 valence electrons. The molecule has 2 heterocycles. The van der Waals surface area contributed by atoms with Crippen LogP contribution in [-0.2, 0) is 16.0 Å². The number of amides is 2. The predicted molar refractivity (Wildman–Crippen MR) is 109 cm³/mol. The van der Waals surface area contributed by atoms with E-state index in [4.69, 9.17) is 4.52 Å². The Hall–Kier alpha value is -2.70. The molecule has 2 amide bonds. The largest absolute Gasteiger partial charge is 0.356 e. The molecule has 1 aliphatic heterocycles. The Kier molecular flexibility index (Phi) is 7.38. The monoisotopic (exact) mass is 398 g/mol. The van der Waals surface area contributed by atoms with E-state index in [1.54, 1.807) is 0 Å². The molecule has 1 unspecified atom stereocenters. The molecule has 3 rings (SSSR count). The van der Waals surface area contributed by atoms with Crippen LogP contribution < -0.4 is 5.32 Å². The van der Waals surface area contributed by atoms with E-state index in [0.717, 1.165) is 24.8 Å². The van der Waals surface area contributed by atoms with E-state index >= 15 is 0 Å². The van der Waals surface area contributed by atoms with Gasteiger partial charge in [-0.1, -0.05) is 49.3 Å². The average Bonchev–Trinajstić information content (AvgIpc) is 3.18. The second-order valence-electron chi connectivity index (χ2n) is 7.92. The third kappa shape index (κ3) is 6.14. The first-order valence-corrected chi connectivity index (χ1v) is 10.4.